The minimum Gasteiger partial charge on any atom is -0.390 e. The molecule has 1 aromatic rings. The van der Waals surface area contributed by atoms with Crippen LogP contribution in [0.1, 0.15) is 18.1 Å². The summed E-state index contributed by atoms with van der Waals surface area (Å²) in [7, 11) is 0. The van der Waals surface area contributed by atoms with Crippen molar-refractivity contribution in [2.45, 2.75) is 23.5 Å². The van der Waals surface area contributed by atoms with Gasteiger partial charge in [-0.2, -0.15) is 0 Å². The molecule has 2 atom stereocenters. The van der Waals surface area contributed by atoms with Gasteiger partial charge in [0.15, 0.2) is 0 Å². The molecule has 0 aliphatic heterocycles. The highest BCUT2D eigenvalue weighted by atomic mass is 35.5. The molecule has 78 valence electrons. The standard InChI is InChI=1S/C10H13ClO2S/c11-6-5-9(12)10(13)7-1-3-8(14)4-2-7/h1-4,9-10,12-14H,5-6H2. The molecule has 0 aromatic heterocycles. The smallest absolute Gasteiger partial charge is 0.105 e. The number of thiol groups is 1. The SMILES string of the molecule is OC(CCCl)C(O)c1ccc(S)cc1. The Kier molecular flexibility index (Phi) is 4.75. The van der Waals surface area contributed by atoms with Crippen LogP contribution in [0.25, 0.3) is 0 Å². The third-order valence-electron chi connectivity index (χ3n) is 2.00. The molecule has 2 N–H and O–H groups in total. The van der Waals surface area contributed by atoms with Gasteiger partial charge in [-0.05, 0) is 24.1 Å². The maximum absolute atomic E-state index is 9.68. The fourth-order valence-corrected chi connectivity index (χ4v) is 1.54. The van der Waals surface area contributed by atoms with Crippen molar-refractivity contribution in [1.29, 1.82) is 0 Å². The van der Waals surface area contributed by atoms with Crippen LogP contribution in [0.3, 0.4) is 0 Å². The van der Waals surface area contributed by atoms with Gasteiger partial charge < -0.3 is 10.2 Å². The van der Waals surface area contributed by atoms with E-state index in [1.807, 2.05) is 0 Å². The lowest BCUT2D eigenvalue weighted by molar-refractivity contribution is 0.0170. The lowest BCUT2D eigenvalue weighted by Crippen LogP contribution is -2.18. The van der Waals surface area contributed by atoms with Crippen molar-refractivity contribution < 1.29 is 10.2 Å². The molecule has 1 aromatic carbocycles. The number of benzene rings is 1. The largest absolute Gasteiger partial charge is 0.390 e. The Morgan fingerprint density at radius 3 is 2.29 bits per heavy atom. The zero-order chi connectivity index (χ0) is 10.6. The zero-order valence-corrected chi connectivity index (χ0v) is 9.25. The van der Waals surface area contributed by atoms with Gasteiger partial charge in [-0.15, -0.1) is 24.2 Å². The van der Waals surface area contributed by atoms with E-state index in [1.165, 1.54) is 0 Å². The number of aliphatic hydroxyl groups excluding tert-OH is 2. The minimum absolute atomic E-state index is 0.336. The van der Waals surface area contributed by atoms with E-state index in [0.29, 0.717) is 17.9 Å². The van der Waals surface area contributed by atoms with Crippen molar-refractivity contribution in [3.63, 3.8) is 0 Å². The number of alkyl halides is 1. The van der Waals surface area contributed by atoms with E-state index < -0.39 is 12.2 Å². The molecule has 0 fully saturated rings. The van der Waals surface area contributed by atoms with Crippen LogP contribution in [0.2, 0.25) is 0 Å². The van der Waals surface area contributed by atoms with Gasteiger partial charge in [-0.3, -0.25) is 0 Å². The highest BCUT2D eigenvalue weighted by molar-refractivity contribution is 7.80. The Balaban J connectivity index is 2.68. The molecule has 0 bridgehead atoms. The molecule has 0 heterocycles. The molecule has 0 aliphatic carbocycles. The molecular formula is C10H13ClO2S. The summed E-state index contributed by atoms with van der Waals surface area (Å²) in [5.41, 5.74) is 0.681. The third kappa shape index (κ3) is 3.17. The first-order valence-electron chi connectivity index (χ1n) is 4.36. The topological polar surface area (TPSA) is 40.5 Å². The van der Waals surface area contributed by atoms with Crippen LogP contribution in [0.4, 0.5) is 0 Å². The lowest BCUT2D eigenvalue weighted by Gasteiger charge is -2.17. The Hall–Kier alpha value is -0.220. The normalized spacial score (nSPS) is 15.1. The quantitative estimate of drug-likeness (QED) is 0.549. The molecule has 1 rings (SSSR count). The van der Waals surface area contributed by atoms with Crippen molar-refractivity contribution >= 4 is 24.2 Å². The number of hydrogen-bond acceptors (Lipinski definition) is 3. The van der Waals surface area contributed by atoms with Crippen LogP contribution >= 0.6 is 24.2 Å². The van der Waals surface area contributed by atoms with Gasteiger partial charge in [0.05, 0.1) is 6.10 Å². The van der Waals surface area contributed by atoms with Gasteiger partial charge in [0.2, 0.25) is 0 Å². The minimum atomic E-state index is -0.873. The third-order valence-corrected chi connectivity index (χ3v) is 2.52. The van der Waals surface area contributed by atoms with E-state index in [1.54, 1.807) is 24.3 Å². The van der Waals surface area contributed by atoms with Gasteiger partial charge in [0.1, 0.15) is 6.10 Å². The molecule has 0 saturated carbocycles. The molecule has 0 aliphatic rings. The summed E-state index contributed by atoms with van der Waals surface area (Å²) in [6.45, 7) is 0. The second kappa shape index (κ2) is 5.61. The van der Waals surface area contributed by atoms with Crippen molar-refractivity contribution in [2.75, 3.05) is 5.88 Å². The van der Waals surface area contributed by atoms with E-state index >= 15 is 0 Å². The predicted octanol–water partition coefficient (Wildman–Crippen LogP) is 2.00. The van der Waals surface area contributed by atoms with Crippen LogP contribution in [0.15, 0.2) is 29.2 Å². The molecule has 0 radical (unpaired) electrons. The summed E-state index contributed by atoms with van der Waals surface area (Å²) in [6, 6.07) is 7.03. The first kappa shape index (κ1) is 11.9. The highest BCUT2D eigenvalue weighted by Gasteiger charge is 2.17. The summed E-state index contributed by atoms with van der Waals surface area (Å²) in [5, 5.41) is 19.2. The summed E-state index contributed by atoms with van der Waals surface area (Å²) in [4.78, 5) is 0.827. The Morgan fingerprint density at radius 2 is 1.79 bits per heavy atom. The van der Waals surface area contributed by atoms with Crippen molar-refractivity contribution in [3.8, 4) is 0 Å². The highest BCUT2D eigenvalue weighted by Crippen LogP contribution is 2.20. The maximum atomic E-state index is 9.68. The fraction of sp³-hybridized carbons (Fsp3) is 0.400. The van der Waals surface area contributed by atoms with E-state index in [-0.39, 0.29) is 0 Å². The molecule has 2 unspecified atom stereocenters. The monoisotopic (exact) mass is 232 g/mol. The first-order chi connectivity index (χ1) is 6.65. The maximum Gasteiger partial charge on any atom is 0.105 e. The van der Waals surface area contributed by atoms with Crippen LogP contribution in [-0.4, -0.2) is 22.2 Å². The van der Waals surface area contributed by atoms with E-state index in [0.717, 1.165) is 4.90 Å². The number of rotatable bonds is 4. The van der Waals surface area contributed by atoms with Crippen LogP contribution in [0.5, 0.6) is 0 Å². The Bertz CT molecular complexity index is 276. The second-order valence-corrected chi connectivity index (χ2v) is 3.98. The molecular weight excluding hydrogens is 220 g/mol. The summed E-state index contributed by atoms with van der Waals surface area (Å²) in [5.74, 6) is 0.336. The van der Waals surface area contributed by atoms with E-state index in [4.69, 9.17) is 11.6 Å². The Labute approximate surface area is 93.9 Å². The van der Waals surface area contributed by atoms with Crippen molar-refractivity contribution in [1.82, 2.24) is 0 Å². The van der Waals surface area contributed by atoms with Gasteiger partial charge in [-0.1, -0.05) is 12.1 Å². The summed E-state index contributed by atoms with van der Waals surface area (Å²) < 4.78 is 0. The predicted molar refractivity (Wildman–Crippen MR) is 60.0 cm³/mol. The second-order valence-electron chi connectivity index (χ2n) is 3.08. The zero-order valence-electron chi connectivity index (χ0n) is 7.60. The van der Waals surface area contributed by atoms with E-state index in [9.17, 15) is 10.2 Å². The van der Waals surface area contributed by atoms with Gasteiger partial charge in [0.25, 0.3) is 0 Å². The van der Waals surface area contributed by atoms with E-state index in [2.05, 4.69) is 12.6 Å². The fourth-order valence-electron chi connectivity index (χ4n) is 1.16. The number of aliphatic hydroxyl groups is 2. The van der Waals surface area contributed by atoms with Crippen molar-refractivity contribution in [2.24, 2.45) is 0 Å². The van der Waals surface area contributed by atoms with Gasteiger partial charge >= 0.3 is 0 Å². The van der Waals surface area contributed by atoms with Crippen LogP contribution in [0, 0.1) is 0 Å². The Morgan fingerprint density at radius 1 is 1.21 bits per heavy atom. The van der Waals surface area contributed by atoms with Crippen LogP contribution in [-0.2, 0) is 0 Å². The van der Waals surface area contributed by atoms with Crippen LogP contribution < -0.4 is 0 Å². The average molecular weight is 233 g/mol. The lowest BCUT2D eigenvalue weighted by atomic mass is 10.0. The van der Waals surface area contributed by atoms with Crippen molar-refractivity contribution in [3.05, 3.63) is 29.8 Å². The van der Waals surface area contributed by atoms with Gasteiger partial charge in [-0.25, -0.2) is 0 Å². The van der Waals surface area contributed by atoms with Gasteiger partial charge in [0, 0.05) is 10.8 Å². The molecule has 4 heteroatoms. The molecule has 0 spiro atoms. The summed E-state index contributed by atoms with van der Waals surface area (Å²) in [6.07, 6.45) is -1.30. The molecule has 0 saturated heterocycles. The molecule has 2 nitrogen and oxygen atoms in total. The number of halogens is 1. The average Bonchev–Trinajstić information content (AvgIpc) is 2.18. The number of hydrogen-bond donors (Lipinski definition) is 3. The first-order valence-corrected chi connectivity index (χ1v) is 5.34. The summed E-state index contributed by atoms with van der Waals surface area (Å²) >= 11 is 9.60. The molecule has 14 heavy (non-hydrogen) atoms. The molecule has 0 amide bonds.